The largest absolute Gasteiger partial charge is 0.355 e. The molecule has 0 fully saturated rings. The minimum absolute atomic E-state index is 0.0692. The summed E-state index contributed by atoms with van der Waals surface area (Å²) in [7, 11) is 0. The topological polar surface area (TPSA) is 83.6 Å². The van der Waals surface area contributed by atoms with Crippen LogP contribution >= 0.6 is 11.6 Å². The zero-order chi connectivity index (χ0) is 13.0. The van der Waals surface area contributed by atoms with Crippen LogP contribution in [-0.4, -0.2) is 32.6 Å². The minimum Gasteiger partial charge on any atom is -0.355 e. The molecule has 0 radical (unpaired) electrons. The van der Waals surface area contributed by atoms with Crippen molar-refractivity contribution in [2.75, 3.05) is 6.54 Å². The number of nitrogens with zero attached hydrogens (tertiary/aromatic N) is 3. The Morgan fingerprint density at radius 3 is 3.17 bits per heavy atom. The molecule has 0 atom stereocenters. The normalized spacial score (nSPS) is 9.89. The second-order valence-corrected chi connectivity index (χ2v) is 3.85. The molecule has 92 valence electrons. The Morgan fingerprint density at radius 1 is 1.56 bits per heavy atom. The first-order valence-electron chi connectivity index (χ1n) is 5.26. The number of hydrogen-bond acceptors (Lipinski definition) is 4. The molecule has 2 aromatic rings. The Balaban J connectivity index is 2.13. The van der Waals surface area contributed by atoms with Crippen molar-refractivity contribution in [1.82, 2.24) is 25.5 Å². The zero-order valence-corrected chi connectivity index (χ0v) is 10.4. The quantitative estimate of drug-likeness (QED) is 0.479. The second-order valence-electron chi connectivity index (χ2n) is 3.50. The van der Waals surface area contributed by atoms with Gasteiger partial charge in [-0.15, -0.1) is 0 Å². The van der Waals surface area contributed by atoms with Gasteiger partial charge in [-0.2, -0.15) is 5.10 Å². The van der Waals surface area contributed by atoms with E-state index in [0.717, 1.165) is 0 Å². The maximum atomic E-state index is 10.6. The lowest BCUT2D eigenvalue weighted by Crippen LogP contribution is -2.20. The van der Waals surface area contributed by atoms with Gasteiger partial charge in [0.1, 0.15) is 17.2 Å². The molecule has 2 rings (SSSR count). The second kappa shape index (κ2) is 5.47. The first-order chi connectivity index (χ1) is 8.68. The number of rotatable bonds is 2. The molecule has 0 bridgehead atoms. The predicted octanol–water partition coefficient (Wildman–Crippen LogP) is 0.884. The van der Waals surface area contributed by atoms with Crippen LogP contribution in [0.2, 0.25) is 5.15 Å². The summed E-state index contributed by atoms with van der Waals surface area (Å²) in [5, 5.41) is 10.3. The van der Waals surface area contributed by atoms with Crippen molar-refractivity contribution in [2.45, 2.75) is 13.3 Å². The molecule has 1 amide bonds. The molecule has 7 heteroatoms. The van der Waals surface area contributed by atoms with Crippen LogP contribution in [0, 0.1) is 11.8 Å². The predicted molar refractivity (Wildman–Crippen MR) is 66.9 cm³/mol. The molecule has 0 aliphatic heterocycles. The summed E-state index contributed by atoms with van der Waals surface area (Å²) >= 11 is 5.95. The molecule has 0 aliphatic carbocycles. The number of aromatic amines is 1. The maximum absolute atomic E-state index is 10.6. The molecular weight excluding hydrogens is 254 g/mol. The van der Waals surface area contributed by atoms with Crippen LogP contribution in [0.25, 0.3) is 11.0 Å². The Bertz CT molecular complexity index is 640. The molecule has 2 heterocycles. The van der Waals surface area contributed by atoms with Crippen LogP contribution in [0.15, 0.2) is 6.33 Å². The van der Waals surface area contributed by atoms with E-state index in [1.54, 1.807) is 0 Å². The SMILES string of the molecule is CC(=O)NCCC#Cc1[nH]nc2ncnc(Cl)c12. The third-order valence-electron chi connectivity index (χ3n) is 2.14. The molecule has 0 aromatic carbocycles. The van der Waals surface area contributed by atoms with Crippen LogP contribution in [0.3, 0.4) is 0 Å². The fourth-order valence-electron chi connectivity index (χ4n) is 1.36. The summed E-state index contributed by atoms with van der Waals surface area (Å²) in [5.41, 5.74) is 1.07. The van der Waals surface area contributed by atoms with Crippen molar-refractivity contribution in [3.05, 3.63) is 17.2 Å². The van der Waals surface area contributed by atoms with Crippen LogP contribution in [0.4, 0.5) is 0 Å². The van der Waals surface area contributed by atoms with E-state index >= 15 is 0 Å². The highest BCUT2D eigenvalue weighted by Crippen LogP contribution is 2.19. The van der Waals surface area contributed by atoms with Gasteiger partial charge in [0.15, 0.2) is 5.65 Å². The van der Waals surface area contributed by atoms with E-state index < -0.39 is 0 Å². The van der Waals surface area contributed by atoms with Gasteiger partial charge < -0.3 is 5.32 Å². The Morgan fingerprint density at radius 2 is 2.39 bits per heavy atom. The highest BCUT2D eigenvalue weighted by atomic mass is 35.5. The highest BCUT2D eigenvalue weighted by molar-refractivity contribution is 6.34. The number of aromatic nitrogens is 4. The molecule has 0 aliphatic rings. The number of halogens is 1. The van der Waals surface area contributed by atoms with Gasteiger partial charge in [-0.1, -0.05) is 17.5 Å². The highest BCUT2D eigenvalue weighted by Gasteiger charge is 2.08. The summed E-state index contributed by atoms with van der Waals surface area (Å²) in [6, 6.07) is 0. The van der Waals surface area contributed by atoms with Gasteiger partial charge in [0.05, 0.1) is 5.39 Å². The van der Waals surface area contributed by atoms with Crippen LogP contribution in [0.1, 0.15) is 19.0 Å². The molecular formula is C11H10ClN5O. The number of carbonyl (C=O) groups is 1. The summed E-state index contributed by atoms with van der Waals surface area (Å²) in [4.78, 5) is 18.5. The molecule has 0 saturated carbocycles. The van der Waals surface area contributed by atoms with Crippen molar-refractivity contribution >= 4 is 28.5 Å². The fourth-order valence-corrected chi connectivity index (χ4v) is 1.59. The van der Waals surface area contributed by atoms with E-state index in [-0.39, 0.29) is 5.91 Å². The van der Waals surface area contributed by atoms with E-state index in [2.05, 4.69) is 37.3 Å². The molecule has 0 unspecified atom stereocenters. The first kappa shape index (κ1) is 12.3. The Labute approximate surface area is 108 Å². The number of carbonyl (C=O) groups excluding carboxylic acids is 1. The maximum Gasteiger partial charge on any atom is 0.216 e. The lowest BCUT2D eigenvalue weighted by Gasteiger charge is -1.94. The number of H-pyrrole nitrogens is 1. The van der Waals surface area contributed by atoms with Gasteiger partial charge in [0.2, 0.25) is 5.91 Å². The number of hydrogen-bond donors (Lipinski definition) is 2. The first-order valence-corrected chi connectivity index (χ1v) is 5.64. The Hall–Kier alpha value is -2.13. The van der Waals surface area contributed by atoms with Crippen molar-refractivity contribution in [3.63, 3.8) is 0 Å². The standard InChI is InChI=1S/C11H10ClN5O/c1-7(18)13-5-3-2-4-8-9-10(12)14-6-15-11(9)17-16-8/h6H,3,5H2,1H3,(H,13,18)(H,14,15,16,17). The van der Waals surface area contributed by atoms with Crippen molar-refractivity contribution in [3.8, 4) is 11.8 Å². The van der Waals surface area contributed by atoms with E-state index in [1.807, 2.05) is 0 Å². The van der Waals surface area contributed by atoms with Crippen LogP contribution in [0.5, 0.6) is 0 Å². The third-order valence-corrected chi connectivity index (χ3v) is 2.43. The van der Waals surface area contributed by atoms with Crippen molar-refractivity contribution in [2.24, 2.45) is 0 Å². The van der Waals surface area contributed by atoms with E-state index in [9.17, 15) is 4.79 Å². The van der Waals surface area contributed by atoms with E-state index in [4.69, 9.17) is 11.6 Å². The smallest absolute Gasteiger partial charge is 0.216 e. The van der Waals surface area contributed by atoms with Gasteiger partial charge in [0, 0.05) is 19.9 Å². The summed E-state index contributed by atoms with van der Waals surface area (Å²) in [5.74, 6) is 5.74. The van der Waals surface area contributed by atoms with Crippen molar-refractivity contribution < 1.29 is 4.79 Å². The molecule has 0 spiro atoms. The Kier molecular flexibility index (Phi) is 3.75. The van der Waals surface area contributed by atoms with Crippen LogP contribution < -0.4 is 5.32 Å². The molecule has 0 saturated heterocycles. The van der Waals surface area contributed by atoms with Crippen molar-refractivity contribution in [1.29, 1.82) is 0 Å². The number of amides is 1. The summed E-state index contributed by atoms with van der Waals surface area (Å²) < 4.78 is 0. The van der Waals surface area contributed by atoms with Gasteiger partial charge in [-0.3, -0.25) is 9.89 Å². The summed E-state index contributed by atoms with van der Waals surface area (Å²) in [6.45, 7) is 1.98. The zero-order valence-electron chi connectivity index (χ0n) is 9.62. The average molecular weight is 264 g/mol. The third kappa shape index (κ3) is 2.76. The van der Waals surface area contributed by atoms with Crippen LogP contribution in [-0.2, 0) is 4.79 Å². The van der Waals surface area contributed by atoms with Gasteiger partial charge >= 0.3 is 0 Å². The van der Waals surface area contributed by atoms with Gasteiger partial charge in [-0.05, 0) is 5.92 Å². The molecule has 6 nitrogen and oxygen atoms in total. The molecule has 18 heavy (non-hydrogen) atoms. The van der Waals surface area contributed by atoms with E-state index in [0.29, 0.717) is 34.8 Å². The minimum atomic E-state index is -0.0692. The number of nitrogens with one attached hydrogen (secondary N) is 2. The van der Waals surface area contributed by atoms with E-state index in [1.165, 1.54) is 13.3 Å². The number of fused-ring (bicyclic) bond motifs is 1. The van der Waals surface area contributed by atoms with Gasteiger partial charge in [0.25, 0.3) is 0 Å². The lowest BCUT2D eigenvalue weighted by molar-refractivity contribution is -0.118. The lowest BCUT2D eigenvalue weighted by atomic mass is 10.3. The monoisotopic (exact) mass is 263 g/mol. The molecule has 2 N–H and O–H groups in total. The average Bonchev–Trinajstić information content (AvgIpc) is 2.73. The molecule has 2 aromatic heterocycles. The fraction of sp³-hybridized carbons (Fsp3) is 0.273. The summed E-state index contributed by atoms with van der Waals surface area (Å²) in [6.07, 6.45) is 1.89. The van der Waals surface area contributed by atoms with Gasteiger partial charge in [-0.25, -0.2) is 9.97 Å².